The Labute approximate surface area is 114 Å². The Balaban J connectivity index is 2.26. The van der Waals surface area contributed by atoms with Crippen molar-refractivity contribution in [2.75, 3.05) is 5.73 Å². The van der Waals surface area contributed by atoms with Gasteiger partial charge in [0.05, 0.1) is 16.6 Å². The van der Waals surface area contributed by atoms with Gasteiger partial charge >= 0.3 is 0 Å². The minimum Gasteiger partial charge on any atom is -0.398 e. The van der Waals surface area contributed by atoms with Crippen LogP contribution in [0.15, 0.2) is 41.4 Å². The van der Waals surface area contributed by atoms with E-state index in [-0.39, 0.29) is 0 Å². The van der Waals surface area contributed by atoms with Crippen LogP contribution >= 0.6 is 0 Å². The lowest BCUT2D eigenvalue weighted by atomic mass is 10.2. The number of hydrogen-bond acceptors (Lipinski definition) is 4. The van der Waals surface area contributed by atoms with Crippen LogP contribution in [0.3, 0.4) is 0 Å². The normalized spacial score (nSPS) is 11.8. The summed E-state index contributed by atoms with van der Waals surface area (Å²) in [4.78, 5) is 4.62. The molecule has 0 radical (unpaired) electrons. The topological polar surface area (TPSA) is 79.8 Å². The largest absolute Gasteiger partial charge is 0.398 e. The molecule has 0 saturated carbocycles. The number of nitriles is 1. The Kier molecular flexibility index (Phi) is 3.93. The van der Waals surface area contributed by atoms with Crippen molar-refractivity contribution in [3.63, 3.8) is 0 Å². The Morgan fingerprint density at radius 3 is 2.95 bits per heavy atom. The number of benzene rings is 1. The van der Waals surface area contributed by atoms with Gasteiger partial charge in [0.2, 0.25) is 0 Å². The Hall–Kier alpha value is -2.19. The van der Waals surface area contributed by atoms with Gasteiger partial charge in [0, 0.05) is 16.8 Å². The van der Waals surface area contributed by atoms with Crippen LogP contribution < -0.4 is 5.73 Å². The Morgan fingerprint density at radius 2 is 2.21 bits per heavy atom. The third kappa shape index (κ3) is 2.98. The zero-order valence-corrected chi connectivity index (χ0v) is 11.3. The van der Waals surface area contributed by atoms with Crippen molar-refractivity contribution in [3.05, 3.63) is 53.3 Å². The van der Waals surface area contributed by atoms with Crippen LogP contribution in [0.1, 0.15) is 16.8 Å². The molecule has 1 unspecified atom stereocenters. The van der Waals surface area contributed by atoms with Gasteiger partial charge < -0.3 is 5.73 Å². The summed E-state index contributed by atoms with van der Waals surface area (Å²) in [6.07, 6.45) is 1.55. The highest BCUT2D eigenvalue weighted by molar-refractivity contribution is 7.84. The van der Waals surface area contributed by atoms with Gasteiger partial charge in [0.1, 0.15) is 11.8 Å². The summed E-state index contributed by atoms with van der Waals surface area (Å²) >= 11 is 0. The second-order valence-electron chi connectivity index (χ2n) is 4.12. The van der Waals surface area contributed by atoms with Crippen LogP contribution in [0.5, 0.6) is 0 Å². The summed E-state index contributed by atoms with van der Waals surface area (Å²) < 4.78 is 12.3. The summed E-state index contributed by atoms with van der Waals surface area (Å²) in [5, 5.41) is 8.79. The molecule has 2 rings (SSSR count). The van der Waals surface area contributed by atoms with Gasteiger partial charge in [-0.3, -0.25) is 4.21 Å². The summed E-state index contributed by atoms with van der Waals surface area (Å²) in [6.45, 7) is 1.86. The number of aromatic nitrogens is 1. The molecule has 0 saturated heterocycles. The second-order valence-corrected chi connectivity index (χ2v) is 5.54. The highest BCUT2D eigenvalue weighted by Crippen LogP contribution is 2.21. The van der Waals surface area contributed by atoms with Crippen molar-refractivity contribution in [1.29, 1.82) is 5.26 Å². The van der Waals surface area contributed by atoms with E-state index in [0.29, 0.717) is 17.1 Å². The molecule has 0 aliphatic rings. The quantitative estimate of drug-likeness (QED) is 0.867. The van der Waals surface area contributed by atoms with E-state index < -0.39 is 10.8 Å². The van der Waals surface area contributed by atoms with Crippen molar-refractivity contribution in [2.24, 2.45) is 0 Å². The molecule has 5 heteroatoms. The lowest BCUT2D eigenvalue weighted by Gasteiger charge is -2.08. The highest BCUT2D eigenvalue weighted by Gasteiger charge is 2.10. The zero-order valence-electron chi connectivity index (χ0n) is 10.5. The number of hydrogen-bond donors (Lipinski definition) is 1. The third-order valence-electron chi connectivity index (χ3n) is 2.81. The number of nitrogen functional groups attached to an aromatic ring is 1. The van der Waals surface area contributed by atoms with E-state index in [4.69, 9.17) is 11.0 Å². The molecule has 0 aliphatic carbocycles. The molecule has 1 aromatic heterocycles. The van der Waals surface area contributed by atoms with Crippen LogP contribution in [0.25, 0.3) is 0 Å². The molecule has 1 atom stereocenters. The predicted octanol–water partition coefficient (Wildman–Crippen LogP) is 2.15. The van der Waals surface area contributed by atoms with Crippen molar-refractivity contribution in [2.45, 2.75) is 17.6 Å². The molecular weight excluding hydrogens is 258 g/mol. The smallest absolute Gasteiger partial charge is 0.140 e. The predicted molar refractivity (Wildman–Crippen MR) is 74.7 cm³/mol. The number of rotatable bonds is 3. The van der Waals surface area contributed by atoms with Crippen LogP contribution in [0.2, 0.25) is 0 Å². The molecular formula is C14H13N3OS. The van der Waals surface area contributed by atoms with E-state index in [2.05, 4.69) is 4.98 Å². The monoisotopic (exact) mass is 271 g/mol. The first-order valence-corrected chi connectivity index (χ1v) is 7.02. The maximum Gasteiger partial charge on any atom is 0.140 e. The molecule has 19 heavy (non-hydrogen) atoms. The van der Waals surface area contributed by atoms with E-state index >= 15 is 0 Å². The average Bonchev–Trinajstić information content (AvgIpc) is 2.42. The number of nitrogens with zero attached hydrogens (tertiary/aromatic N) is 2. The summed E-state index contributed by atoms with van der Waals surface area (Å²) in [7, 11) is -1.18. The molecule has 4 nitrogen and oxygen atoms in total. The molecule has 0 bridgehead atoms. The first-order chi connectivity index (χ1) is 9.11. The standard InChI is InChI=1S/C14H13N3OS/c1-10-13(16)3-2-4-14(10)19(18)9-11-5-6-17-12(7-11)8-15/h2-7H,9,16H2,1H3. The third-order valence-corrected chi connectivity index (χ3v) is 4.34. The maximum absolute atomic E-state index is 12.3. The molecule has 1 aromatic carbocycles. The highest BCUT2D eigenvalue weighted by atomic mass is 32.2. The van der Waals surface area contributed by atoms with Crippen molar-refractivity contribution >= 4 is 16.5 Å². The van der Waals surface area contributed by atoms with Gasteiger partial charge in [-0.1, -0.05) is 6.07 Å². The second kappa shape index (κ2) is 5.63. The van der Waals surface area contributed by atoms with E-state index in [1.54, 1.807) is 30.5 Å². The Morgan fingerprint density at radius 1 is 1.42 bits per heavy atom. The number of nitrogens with two attached hydrogens (primary N) is 1. The molecule has 2 aromatic rings. The summed E-state index contributed by atoms with van der Waals surface area (Å²) in [5.41, 5.74) is 8.45. The number of anilines is 1. The SMILES string of the molecule is Cc1c(N)cccc1S(=O)Cc1ccnc(C#N)c1. The summed E-state index contributed by atoms with van der Waals surface area (Å²) in [5.74, 6) is 0.349. The molecule has 0 aliphatic heterocycles. The van der Waals surface area contributed by atoms with Gasteiger partial charge in [-0.2, -0.15) is 5.26 Å². The summed E-state index contributed by atoms with van der Waals surface area (Å²) in [6, 6.07) is 10.8. The van der Waals surface area contributed by atoms with E-state index in [9.17, 15) is 4.21 Å². The fourth-order valence-electron chi connectivity index (χ4n) is 1.73. The van der Waals surface area contributed by atoms with Gasteiger partial charge in [-0.15, -0.1) is 0 Å². The van der Waals surface area contributed by atoms with Gasteiger partial charge in [-0.25, -0.2) is 4.98 Å². The minimum absolute atomic E-state index is 0.332. The van der Waals surface area contributed by atoms with Crippen LogP contribution in [0.4, 0.5) is 5.69 Å². The van der Waals surface area contributed by atoms with Crippen LogP contribution in [0, 0.1) is 18.3 Å². The van der Waals surface area contributed by atoms with E-state index in [1.165, 1.54) is 0 Å². The molecule has 0 fully saturated rings. The molecule has 2 N–H and O–H groups in total. The van der Waals surface area contributed by atoms with Gasteiger partial charge in [0.15, 0.2) is 0 Å². The molecule has 0 amide bonds. The van der Waals surface area contributed by atoms with Crippen molar-refractivity contribution < 1.29 is 4.21 Å². The van der Waals surface area contributed by atoms with Gasteiger partial charge in [-0.05, 0) is 42.3 Å². The van der Waals surface area contributed by atoms with E-state index in [1.807, 2.05) is 19.1 Å². The van der Waals surface area contributed by atoms with Crippen molar-refractivity contribution in [1.82, 2.24) is 4.98 Å². The average molecular weight is 271 g/mol. The molecule has 1 heterocycles. The van der Waals surface area contributed by atoms with Gasteiger partial charge in [0.25, 0.3) is 0 Å². The first kappa shape index (κ1) is 13.2. The Bertz CT molecular complexity index is 677. The van der Waals surface area contributed by atoms with Crippen LogP contribution in [-0.4, -0.2) is 9.19 Å². The fraction of sp³-hybridized carbons (Fsp3) is 0.143. The number of pyridine rings is 1. The first-order valence-electron chi connectivity index (χ1n) is 5.70. The lowest BCUT2D eigenvalue weighted by Crippen LogP contribution is -2.01. The van der Waals surface area contributed by atoms with E-state index in [0.717, 1.165) is 16.0 Å². The lowest BCUT2D eigenvalue weighted by molar-refractivity contribution is 0.682. The molecule has 0 spiro atoms. The van der Waals surface area contributed by atoms with Crippen molar-refractivity contribution in [3.8, 4) is 6.07 Å². The zero-order chi connectivity index (χ0) is 13.8. The molecule has 96 valence electrons. The van der Waals surface area contributed by atoms with Crippen LogP contribution in [-0.2, 0) is 16.6 Å². The minimum atomic E-state index is -1.18. The maximum atomic E-state index is 12.3. The fourth-order valence-corrected chi connectivity index (χ4v) is 3.06.